The number of benzene rings is 2. The zero-order valence-corrected chi connectivity index (χ0v) is 13.5. The fourth-order valence-electron chi connectivity index (χ4n) is 2.21. The Labute approximate surface area is 143 Å². The van der Waals surface area contributed by atoms with Gasteiger partial charge in [0.1, 0.15) is 0 Å². The van der Waals surface area contributed by atoms with Crippen molar-refractivity contribution in [1.29, 1.82) is 0 Å². The van der Waals surface area contributed by atoms with Gasteiger partial charge in [-0.15, -0.1) is 0 Å². The largest absolute Gasteiger partial charge is 0.322 e. The second-order valence-electron chi connectivity index (χ2n) is 4.89. The van der Waals surface area contributed by atoms with Crippen molar-refractivity contribution in [2.45, 2.75) is 0 Å². The normalized spacial score (nSPS) is 11.0. The van der Waals surface area contributed by atoms with E-state index in [1.54, 1.807) is 36.7 Å². The number of nitrogens with zero attached hydrogens (tertiary/aromatic N) is 1. The van der Waals surface area contributed by atoms with Gasteiger partial charge in [-0.05, 0) is 35.9 Å². The monoisotopic (exact) mass is 342 g/mol. The van der Waals surface area contributed by atoms with E-state index in [1.807, 2.05) is 24.3 Å². The van der Waals surface area contributed by atoms with E-state index in [0.717, 1.165) is 22.0 Å². The molecule has 0 atom stereocenters. The maximum absolute atomic E-state index is 12.1. The van der Waals surface area contributed by atoms with Gasteiger partial charge >= 0.3 is 0 Å². The first-order valence-corrected chi connectivity index (χ1v) is 7.66. The number of carbonyl (C=O) groups is 1. The van der Waals surface area contributed by atoms with Crippen molar-refractivity contribution in [1.82, 2.24) is 4.98 Å². The maximum atomic E-state index is 12.1. The van der Waals surface area contributed by atoms with Crippen LogP contribution in [-0.2, 0) is 4.79 Å². The lowest BCUT2D eigenvalue weighted by Gasteiger charge is -2.06. The fourth-order valence-corrected chi connectivity index (χ4v) is 2.68. The zero-order valence-electron chi connectivity index (χ0n) is 12.0. The van der Waals surface area contributed by atoms with E-state index in [4.69, 9.17) is 23.2 Å². The molecule has 1 aromatic heterocycles. The van der Waals surface area contributed by atoms with Crippen molar-refractivity contribution >= 4 is 51.6 Å². The van der Waals surface area contributed by atoms with E-state index in [-0.39, 0.29) is 5.91 Å². The molecule has 1 N–H and O–H groups in total. The molecule has 3 nitrogen and oxygen atoms in total. The van der Waals surface area contributed by atoms with E-state index < -0.39 is 0 Å². The number of rotatable bonds is 3. The van der Waals surface area contributed by atoms with Gasteiger partial charge < -0.3 is 5.32 Å². The molecule has 0 radical (unpaired) electrons. The van der Waals surface area contributed by atoms with Gasteiger partial charge in [-0.1, -0.05) is 41.4 Å². The highest BCUT2D eigenvalue weighted by molar-refractivity contribution is 6.35. The first kappa shape index (κ1) is 15.5. The Morgan fingerprint density at radius 1 is 1.13 bits per heavy atom. The molecule has 0 spiro atoms. The van der Waals surface area contributed by atoms with Crippen molar-refractivity contribution in [3.05, 3.63) is 76.5 Å². The number of carbonyl (C=O) groups excluding carboxylic acids is 1. The van der Waals surface area contributed by atoms with Crippen molar-refractivity contribution in [3.63, 3.8) is 0 Å². The van der Waals surface area contributed by atoms with E-state index >= 15 is 0 Å². The Hall–Kier alpha value is -2.36. The van der Waals surface area contributed by atoms with Crippen LogP contribution in [0.1, 0.15) is 5.56 Å². The summed E-state index contributed by atoms with van der Waals surface area (Å²) in [5.41, 5.74) is 1.47. The number of amides is 1. The summed E-state index contributed by atoms with van der Waals surface area (Å²) in [5, 5.41) is 5.82. The second-order valence-corrected chi connectivity index (χ2v) is 5.73. The topological polar surface area (TPSA) is 42.0 Å². The Kier molecular flexibility index (Phi) is 4.60. The molecule has 0 fully saturated rings. The predicted octanol–water partition coefficient (Wildman–Crippen LogP) is 5.19. The fraction of sp³-hybridized carbons (Fsp3) is 0. The van der Waals surface area contributed by atoms with Crippen LogP contribution in [0.15, 0.2) is 60.9 Å². The van der Waals surface area contributed by atoms with Crippen LogP contribution in [0, 0.1) is 0 Å². The first-order chi connectivity index (χ1) is 11.1. The number of fused-ring (bicyclic) bond motifs is 1. The summed E-state index contributed by atoms with van der Waals surface area (Å²) in [5.74, 6) is -0.236. The molecule has 0 aliphatic carbocycles. The van der Waals surface area contributed by atoms with Crippen LogP contribution in [0.25, 0.3) is 16.8 Å². The summed E-state index contributed by atoms with van der Waals surface area (Å²) in [6.45, 7) is 0. The molecule has 5 heteroatoms. The van der Waals surface area contributed by atoms with Crippen LogP contribution in [-0.4, -0.2) is 10.9 Å². The molecule has 0 unspecified atom stereocenters. The molecule has 3 rings (SSSR count). The van der Waals surface area contributed by atoms with Crippen molar-refractivity contribution in [3.8, 4) is 0 Å². The number of hydrogen-bond acceptors (Lipinski definition) is 2. The van der Waals surface area contributed by atoms with Gasteiger partial charge in [-0.3, -0.25) is 9.78 Å². The maximum Gasteiger partial charge on any atom is 0.248 e. The minimum absolute atomic E-state index is 0.236. The molecule has 23 heavy (non-hydrogen) atoms. The Morgan fingerprint density at radius 3 is 2.83 bits per heavy atom. The van der Waals surface area contributed by atoms with Crippen molar-refractivity contribution < 1.29 is 4.79 Å². The van der Waals surface area contributed by atoms with Crippen LogP contribution >= 0.6 is 23.2 Å². The van der Waals surface area contributed by atoms with Crippen LogP contribution < -0.4 is 5.32 Å². The molecular formula is C18H12Cl2N2O. The SMILES string of the molecule is O=C(/C=C/c1ccc(Cl)cc1Cl)Nc1cccc2cnccc12. The number of nitrogens with one attached hydrogen (secondary N) is 1. The summed E-state index contributed by atoms with van der Waals surface area (Å²) in [6, 6.07) is 12.7. The third-order valence-electron chi connectivity index (χ3n) is 3.32. The highest BCUT2D eigenvalue weighted by Gasteiger charge is 2.04. The molecule has 0 saturated carbocycles. The van der Waals surface area contributed by atoms with Crippen LogP contribution in [0.5, 0.6) is 0 Å². The number of halogens is 2. The predicted molar refractivity (Wildman–Crippen MR) is 95.9 cm³/mol. The molecule has 0 aliphatic rings. The lowest BCUT2D eigenvalue weighted by Crippen LogP contribution is -2.08. The summed E-state index contributed by atoms with van der Waals surface area (Å²) in [6.07, 6.45) is 6.55. The summed E-state index contributed by atoms with van der Waals surface area (Å²) < 4.78 is 0. The summed E-state index contributed by atoms with van der Waals surface area (Å²) in [7, 11) is 0. The average Bonchev–Trinajstić information content (AvgIpc) is 2.54. The van der Waals surface area contributed by atoms with Gasteiger partial charge in [0.05, 0.1) is 0 Å². The average molecular weight is 343 g/mol. The molecule has 2 aromatic carbocycles. The molecule has 0 aliphatic heterocycles. The number of hydrogen-bond donors (Lipinski definition) is 1. The highest BCUT2D eigenvalue weighted by atomic mass is 35.5. The Balaban J connectivity index is 1.80. The van der Waals surface area contributed by atoms with Crippen molar-refractivity contribution in [2.24, 2.45) is 0 Å². The molecule has 1 amide bonds. The van der Waals surface area contributed by atoms with Gasteiger partial charge in [-0.2, -0.15) is 0 Å². The molecule has 114 valence electrons. The Morgan fingerprint density at radius 2 is 2.00 bits per heavy atom. The van der Waals surface area contributed by atoms with E-state index in [2.05, 4.69) is 10.3 Å². The Bertz CT molecular complexity index is 901. The molecule has 0 bridgehead atoms. The number of pyridine rings is 1. The zero-order chi connectivity index (χ0) is 16.2. The van der Waals surface area contributed by atoms with Crippen LogP contribution in [0.2, 0.25) is 10.0 Å². The minimum atomic E-state index is -0.236. The number of aromatic nitrogens is 1. The quantitative estimate of drug-likeness (QED) is 0.665. The number of anilines is 1. The smallest absolute Gasteiger partial charge is 0.248 e. The van der Waals surface area contributed by atoms with E-state index in [0.29, 0.717) is 10.0 Å². The lowest BCUT2D eigenvalue weighted by molar-refractivity contribution is -0.111. The third-order valence-corrected chi connectivity index (χ3v) is 3.88. The van der Waals surface area contributed by atoms with Gasteiger partial charge in [0.2, 0.25) is 5.91 Å². The van der Waals surface area contributed by atoms with Crippen molar-refractivity contribution in [2.75, 3.05) is 5.32 Å². The minimum Gasteiger partial charge on any atom is -0.322 e. The van der Waals surface area contributed by atoms with Gasteiger partial charge in [-0.25, -0.2) is 0 Å². The summed E-state index contributed by atoms with van der Waals surface area (Å²) >= 11 is 11.9. The van der Waals surface area contributed by atoms with Crippen LogP contribution in [0.3, 0.4) is 0 Å². The summed E-state index contributed by atoms with van der Waals surface area (Å²) in [4.78, 5) is 16.2. The molecular weight excluding hydrogens is 331 g/mol. The highest BCUT2D eigenvalue weighted by Crippen LogP contribution is 2.23. The molecule has 0 saturated heterocycles. The lowest BCUT2D eigenvalue weighted by atomic mass is 10.1. The van der Waals surface area contributed by atoms with Gasteiger partial charge in [0.15, 0.2) is 0 Å². The first-order valence-electron chi connectivity index (χ1n) is 6.90. The van der Waals surface area contributed by atoms with Crippen LogP contribution in [0.4, 0.5) is 5.69 Å². The van der Waals surface area contributed by atoms with Gasteiger partial charge in [0, 0.05) is 45.0 Å². The third kappa shape index (κ3) is 3.70. The van der Waals surface area contributed by atoms with Gasteiger partial charge in [0.25, 0.3) is 0 Å². The van der Waals surface area contributed by atoms with E-state index in [1.165, 1.54) is 6.08 Å². The second kappa shape index (κ2) is 6.82. The molecule has 3 aromatic rings. The molecule has 1 heterocycles. The van der Waals surface area contributed by atoms with E-state index in [9.17, 15) is 4.79 Å². The standard InChI is InChI=1S/C18H12Cl2N2O/c19-14-6-4-12(16(20)10-14)5-7-18(23)22-17-3-1-2-13-11-21-9-8-15(13)17/h1-11H,(H,22,23)/b7-5+.